The highest BCUT2D eigenvalue weighted by Gasteiger charge is 2.32. The van der Waals surface area contributed by atoms with E-state index in [1.165, 1.54) is 0 Å². The summed E-state index contributed by atoms with van der Waals surface area (Å²) in [5, 5.41) is 8.71. The fourth-order valence-electron chi connectivity index (χ4n) is 3.04. The van der Waals surface area contributed by atoms with Crippen LogP contribution in [0.2, 0.25) is 0 Å². The number of ether oxygens (including phenoxy) is 2. The summed E-state index contributed by atoms with van der Waals surface area (Å²) < 4.78 is 10.7. The van der Waals surface area contributed by atoms with Gasteiger partial charge in [-0.1, -0.05) is 12.1 Å². The predicted octanol–water partition coefficient (Wildman–Crippen LogP) is 2.70. The zero-order valence-corrected chi connectivity index (χ0v) is 13.9. The third-order valence-corrected chi connectivity index (χ3v) is 4.26. The quantitative estimate of drug-likeness (QED) is 0.848. The second-order valence-corrected chi connectivity index (χ2v) is 5.86. The minimum absolute atomic E-state index is 0.0456. The molecule has 3 rings (SSSR count). The van der Waals surface area contributed by atoms with Gasteiger partial charge in [0.1, 0.15) is 6.07 Å². The largest absolute Gasteiger partial charge is 0.493 e. The Morgan fingerprint density at radius 2 is 2.12 bits per heavy atom. The number of hydrogen-bond acceptors (Lipinski definition) is 5. The van der Waals surface area contributed by atoms with Crippen molar-refractivity contribution in [1.82, 2.24) is 0 Å². The molecular weight excluding hydrogens is 318 g/mol. The molecule has 6 heteroatoms. The Morgan fingerprint density at radius 1 is 1.28 bits per heavy atom. The van der Waals surface area contributed by atoms with Crippen molar-refractivity contribution in [1.29, 1.82) is 5.26 Å². The van der Waals surface area contributed by atoms with Crippen LogP contribution in [0.4, 0.5) is 11.4 Å². The fraction of sp³-hybridized carbons (Fsp3) is 0.263. The number of rotatable bonds is 5. The summed E-state index contributed by atoms with van der Waals surface area (Å²) in [6.07, 6.45) is 0.415. The molecule has 1 heterocycles. The molecule has 0 unspecified atom stereocenters. The van der Waals surface area contributed by atoms with Gasteiger partial charge in [-0.25, -0.2) is 0 Å². The Balaban J connectivity index is 1.83. The number of nitrogen functional groups attached to an aromatic ring is 1. The van der Waals surface area contributed by atoms with Crippen LogP contribution >= 0.6 is 0 Å². The summed E-state index contributed by atoms with van der Waals surface area (Å²) in [6, 6.07) is 14.8. The monoisotopic (exact) mass is 337 g/mol. The average Bonchev–Trinajstić information content (AvgIpc) is 3.01. The van der Waals surface area contributed by atoms with E-state index in [9.17, 15) is 4.79 Å². The Morgan fingerprint density at radius 3 is 2.84 bits per heavy atom. The lowest BCUT2D eigenvalue weighted by molar-refractivity contribution is -0.117. The molecule has 2 N–H and O–H groups in total. The molecule has 128 valence electrons. The number of amides is 1. The van der Waals surface area contributed by atoms with Gasteiger partial charge in [0.2, 0.25) is 5.91 Å². The van der Waals surface area contributed by atoms with E-state index in [-0.39, 0.29) is 18.4 Å². The van der Waals surface area contributed by atoms with Gasteiger partial charge in [0.15, 0.2) is 18.1 Å². The van der Waals surface area contributed by atoms with Gasteiger partial charge in [-0.15, -0.1) is 0 Å². The number of carbonyl (C=O) groups is 1. The van der Waals surface area contributed by atoms with Crippen molar-refractivity contribution in [2.45, 2.75) is 12.3 Å². The van der Waals surface area contributed by atoms with Crippen molar-refractivity contribution in [2.75, 3.05) is 30.9 Å². The van der Waals surface area contributed by atoms with E-state index in [0.29, 0.717) is 30.2 Å². The zero-order valence-electron chi connectivity index (χ0n) is 13.9. The van der Waals surface area contributed by atoms with Crippen LogP contribution in [-0.2, 0) is 4.79 Å². The van der Waals surface area contributed by atoms with E-state index in [1.807, 2.05) is 30.3 Å². The minimum atomic E-state index is -0.0567. The van der Waals surface area contributed by atoms with Gasteiger partial charge in [-0.2, -0.15) is 5.26 Å². The van der Waals surface area contributed by atoms with E-state index < -0.39 is 0 Å². The maximum Gasteiger partial charge on any atom is 0.227 e. The van der Waals surface area contributed by atoms with Crippen LogP contribution in [0.5, 0.6) is 11.5 Å². The number of nitrogens with zero attached hydrogens (tertiary/aromatic N) is 2. The van der Waals surface area contributed by atoms with Crippen molar-refractivity contribution >= 4 is 17.3 Å². The van der Waals surface area contributed by atoms with Crippen molar-refractivity contribution in [2.24, 2.45) is 0 Å². The Kier molecular flexibility index (Phi) is 4.75. The molecular formula is C19H19N3O3. The third kappa shape index (κ3) is 3.50. The number of anilines is 2. The first-order chi connectivity index (χ1) is 12.1. The van der Waals surface area contributed by atoms with Gasteiger partial charge in [-0.3, -0.25) is 4.79 Å². The van der Waals surface area contributed by atoms with E-state index in [1.54, 1.807) is 30.2 Å². The lowest BCUT2D eigenvalue weighted by Gasteiger charge is -2.18. The third-order valence-electron chi connectivity index (χ3n) is 4.26. The van der Waals surface area contributed by atoms with Crippen molar-refractivity contribution in [3.8, 4) is 17.6 Å². The molecule has 1 aliphatic rings. The highest BCUT2D eigenvalue weighted by atomic mass is 16.5. The average molecular weight is 337 g/mol. The normalized spacial score (nSPS) is 16.6. The number of carbonyl (C=O) groups excluding carboxylic acids is 1. The summed E-state index contributed by atoms with van der Waals surface area (Å²) in [4.78, 5) is 14.2. The van der Waals surface area contributed by atoms with Crippen LogP contribution in [0.15, 0.2) is 42.5 Å². The van der Waals surface area contributed by atoms with Crippen LogP contribution in [0.25, 0.3) is 0 Å². The van der Waals surface area contributed by atoms with Gasteiger partial charge in [0.25, 0.3) is 0 Å². The lowest BCUT2D eigenvalue weighted by atomic mass is 9.98. The Bertz CT molecular complexity index is 829. The maximum absolute atomic E-state index is 12.4. The highest BCUT2D eigenvalue weighted by Crippen LogP contribution is 2.36. The number of nitriles is 1. The molecule has 2 aromatic carbocycles. The number of benzene rings is 2. The lowest BCUT2D eigenvalue weighted by Crippen LogP contribution is -2.24. The molecule has 0 aliphatic carbocycles. The van der Waals surface area contributed by atoms with Crippen LogP contribution in [0, 0.1) is 11.3 Å². The molecule has 0 aromatic heterocycles. The number of hydrogen-bond donors (Lipinski definition) is 1. The van der Waals surface area contributed by atoms with E-state index in [0.717, 1.165) is 11.3 Å². The summed E-state index contributed by atoms with van der Waals surface area (Å²) in [7, 11) is 1.55. The van der Waals surface area contributed by atoms with E-state index in [4.69, 9.17) is 20.5 Å². The zero-order chi connectivity index (χ0) is 17.8. The SMILES string of the molecule is COc1ccc([C@H]2CC(=O)N(c3cccc(N)c3)C2)cc1OCC#N. The summed E-state index contributed by atoms with van der Waals surface area (Å²) in [6.45, 7) is 0.519. The molecule has 1 atom stereocenters. The molecule has 0 radical (unpaired) electrons. The van der Waals surface area contributed by atoms with Gasteiger partial charge >= 0.3 is 0 Å². The van der Waals surface area contributed by atoms with E-state index in [2.05, 4.69) is 0 Å². The minimum Gasteiger partial charge on any atom is -0.493 e. The van der Waals surface area contributed by atoms with Crippen molar-refractivity contribution in [3.63, 3.8) is 0 Å². The number of methoxy groups -OCH3 is 1. The molecule has 6 nitrogen and oxygen atoms in total. The van der Waals surface area contributed by atoms with Crippen LogP contribution in [0.1, 0.15) is 17.9 Å². The van der Waals surface area contributed by atoms with Crippen LogP contribution < -0.4 is 20.1 Å². The Hall–Kier alpha value is -3.20. The molecule has 25 heavy (non-hydrogen) atoms. The van der Waals surface area contributed by atoms with Gasteiger partial charge in [0.05, 0.1) is 7.11 Å². The second kappa shape index (κ2) is 7.14. The number of nitrogens with two attached hydrogens (primary N) is 1. The standard InChI is InChI=1S/C19H19N3O3/c1-24-17-6-5-13(9-18(17)25-8-7-20)14-10-19(23)22(12-14)16-4-2-3-15(21)11-16/h2-6,9,11,14H,8,10,12,21H2,1H3/t14-/m0/s1. The van der Waals surface area contributed by atoms with Crippen LogP contribution in [-0.4, -0.2) is 26.2 Å². The van der Waals surface area contributed by atoms with Crippen molar-refractivity contribution < 1.29 is 14.3 Å². The summed E-state index contributed by atoms with van der Waals surface area (Å²) in [5.41, 5.74) is 8.24. The fourth-order valence-corrected chi connectivity index (χ4v) is 3.04. The second-order valence-electron chi connectivity index (χ2n) is 5.86. The predicted molar refractivity (Wildman–Crippen MR) is 94.7 cm³/mol. The van der Waals surface area contributed by atoms with Crippen LogP contribution in [0.3, 0.4) is 0 Å². The molecule has 0 saturated carbocycles. The van der Waals surface area contributed by atoms with E-state index >= 15 is 0 Å². The summed E-state index contributed by atoms with van der Waals surface area (Å²) in [5.74, 6) is 1.18. The highest BCUT2D eigenvalue weighted by molar-refractivity contribution is 5.96. The van der Waals surface area contributed by atoms with Gasteiger partial charge in [0, 0.05) is 30.3 Å². The first-order valence-corrected chi connectivity index (χ1v) is 7.96. The van der Waals surface area contributed by atoms with Gasteiger partial charge < -0.3 is 20.1 Å². The molecule has 0 bridgehead atoms. The maximum atomic E-state index is 12.4. The smallest absolute Gasteiger partial charge is 0.227 e. The molecule has 1 amide bonds. The molecule has 1 aliphatic heterocycles. The molecule has 1 fully saturated rings. The van der Waals surface area contributed by atoms with Crippen molar-refractivity contribution in [3.05, 3.63) is 48.0 Å². The molecule has 0 spiro atoms. The first-order valence-electron chi connectivity index (χ1n) is 7.96. The molecule has 2 aromatic rings. The summed E-state index contributed by atoms with van der Waals surface area (Å²) >= 11 is 0. The first kappa shape index (κ1) is 16.7. The van der Waals surface area contributed by atoms with Gasteiger partial charge in [-0.05, 0) is 35.9 Å². The topological polar surface area (TPSA) is 88.6 Å². The molecule has 1 saturated heterocycles. The Labute approximate surface area is 146 Å².